The minimum absolute atomic E-state index is 0. The van der Waals surface area contributed by atoms with Crippen LogP contribution in [0.25, 0.3) is 0 Å². The van der Waals surface area contributed by atoms with Crippen molar-refractivity contribution in [3.8, 4) is 0 Å². The Labute approximate surface area is 192 Å². The Hall–Kier alpha value is -2.54. The molecule has 0 bridgehead atoms. The molecule has 1 fully saturated rings. The third-order valence-electron chi connectivity index (χ3n) is 5.22. The second-order valence-corrected chi connectivity index (χ2v) is 8.33. The van der Waals surface area contributed by atoms with E-state index >= 15 is 0 Å². The number of ether oxygens (including phenoxy) is 1. The van der Waals surface area contributed by atoms with Gasteiger partial charge in [-0.05, 0) is 23.1 Å². The number of hydrogen-bond donors (Lipinski definition) is 1. The standard InChI is InChI=1S/C24H24N2O3S.ClH/c1-2-3-10-18-15-30-23-19(25)22(27)26(23)20(18)24(28)29-21(16-11-6-4-7-12-16)17-13-8-5-9-14-17;/h3-14,19,21,23H,2,15,25H2,1H3;1H/b10-3-;/t19?,23-;/m1./s1. The van der Waals surface area contributed by atoms with E-state index in [1.54, 1.807) is 11.8 Å². The normalized spacial score (nSPS) is 20.4. The van der Waals surface area contributed by atoms with Gasteiger partial charge >= 0.3 is 5.97 Å². The van der Waals surface area contributed by atoms with Crippen molar-refractivity contribution in [3.05, 3.63) is 95.2 Å². The van der Waals surface area contributed by atoms with Crippen LogP contribution in [0.1, 0.15) is 30.6 Å². The molecular formula is C24H25ClN2O3S. The highest BCUT2D eigenvalue weighted by atomic mass is 35.5. The SMILES string of the molecule is CC/C=C\C1=C(C(=O)OC(c2ccccc2)c2ccccc2)N2C(=O)C(N)[C@H]2SC1.Cl. The Bertz CT molecular complexity index is 955. The number of nitrogens with zero attached hydrogens (tertiary/aromatic N) is 1. The average Bonchev–Trinajstić information content (AvgIpc) is 2.81. The quantitative estimate of drug-likeness (QED) is 0.521. The second kappa shape index (κ2) is 10.2. The van der Waals surface area contributed by atoms with E-state index in [9.17, 15) is 9.59 Å². The molecule has 5 nitrogen and oxygen atoms in total. The van der Waals surface area contributed by atoms with Gasteiger partial charge in [0.2, 0.25) is 5.91 Å². The van der Waals surface area contributed by atoms with Gasteiger partial charge in [0.15, 0.2) is 6.10 Å². The molecule has 0 saturated carbocycles. The van der Waals surface area contributed by atoms with E-state index in [0.29, 0.717) is 11.4 Å². The van der Waals surface area contributed by atoms with Crippen molar-refractivity contribution in [1.29, 1.82) is 0 Å². The minimum atomic E-state index is -0.575. The van der Waals surface area contributed by atoms with Crippen molar-refractivity contribution in [2.75, 3.05) is 5.75 Å². The lowest BCUT2D eigenvalue weighted by Crippen LogP contribution is -2.68. The highest BCUT2D eigenvalue weighted by Crippen LogP contribution is 2.41. The Morgan fingerprint density at radius 2 is 1.74 bits per heavy atom. The van der Waals surface area contributed by atoms with Gasteiger partial charge in [-0.25, -0.2) is 4.79 Å². The van der Waals surface area contributed by atoms with E-state index in [-0.39, 0.29) is 23.7 Å². The lowest BCUT2D eigenvalue weighted by Gasteiger charge is -2.48. The van der Waals surface area contributed by atoms with Crippen LogP contribution >= 0.6 is 24.2 Å². The fraction of sp³-hybridized carbons (Fsp3) is 0.250. The van der Waals surface area contributed by atoms with Crippen LogP contribution in [0.5, 0.6) is 0 Å². The molecule has 162 valence electrons. The second-order valence-electron chi connectivity index (χ2n) is 7.23. The number of benzene rings is 2. The molecule has 2 N–H and O–H groups in total. The highest BCUT2D eigenvalue weighted by molar-refractivity contribution is 8.00. The zero-order chi connectivity index (χ0) is 21.1. The molecule has 31 heavy (non-hydrogen) atoms. The van der Waals surface area contributed by atoms with Crippen molar-refractivity contribution in [2.24, 2.45) is 5.73 Å². The fourth-order valence-corrected chi connectivity index (χ4v) is 4.93. The van der Waals surface area contributed by atoms with E-state index in [1.807, 2.05) is 79.7 Å². The number of esters is 1. The van der Waals surface area contributed by atoms with Crippen molar-refractivity contribution in [1.82, 2.24) is 4.90 Å². The van der Waals surface area contributed by atoms with Crippen molar-refractivity contribution < 1.29 is 14.3 Å². The van der Waals surface area contributed by atoms with Crippen LogP contribution in [0.4, 0.5) is 0 Å². The fourth-order valence-electron chi connectivity index (χ4n) is 3.66. The van der Waals surface area contributed by atoms with Gasteiger partial charge in [0, 0.05) is 5.75 Å². The summed E-state index contributed by atoms with van der Waals surface area (Å²) in [6.07, 6.45) is 4.17. The summed E-state index contributed by atoms with van der Waals surface area (Å²) < 4.78 is 6.03. The number of thioether (sulfide) groups is 1. The van der Waals surface area contributed by atoms with Crippen LogP contribution in [0.15, 0.2) is 84.1 Å². The number of rotatable bonds is 6. The number of halogens is 1. The van der Waals surface area contributed by atoms with Gasteiger partial charge in [-0.1, -0.05) is 79.7 Å². The van der Waals surface area contributed by atoms with Gasteiger partial charge in [0.05, 0.1) is 0 Å². The van der Waals surface area contributed by atoms with Crippen LogP contribution in [0, 0.1) is 0 Å². The third kappa shape index (κ3) is 4.56. The summed E-state index contributed by atoms with van der Waals surface area (Å²) in [5.74, 6) is -0.128. The summed E-state index contributed by atoms with van der Waals surface area (Å²) >= 11 is 1.58. The molecule has 0 aliphatic carbocycles. The van der Waals surface area contributed by atoms with Gasteiger partial charge in [0.25, 0.3) is 0 Å². The molecule has 7 heteroatoms. The van der Waals surface area contributed by atoms with Gasteiger partial charge in [-0.3, -0.25) is 9.69 Å². The summed E-state index contributed by atoms with van der Waals surface area (Å²) in [4.78, 5) is 27.4. The molecule has 0 aromatic heterocycles. The molecule has 0 radical (unpaired) electrons. The van der Waals surface area contributed by atoms with Crippen LogP contribution in [0.3, 0.4) is 0 Å². The molecule has 1 unspecified atom stereocenters. The molecule has 2 aliphatic heterocycles. The Balaban J connectivity index is 0.00000272. The maximum absolute atomic E-state index is 13.4. The van der Waals surface area contributed by atoms with Crippen LogP contribution < -0.4 is 5.73 Å². The summed E-state index contributed by atoms with van der Waals surface area (Å²) in [7, 11) is 0. The minimum Gasteiger partial charge on any atom is -0.448 e. The molecule has 1 saturated heterocycles. The summed E-state index contributed by atoms with van der Waals surface area (Å²) in [5, 5.41) is -0.217. The van der Waals surface area contributed by atoms with Crippen LogP contribution in [0.2, 0.25) is 0 Å². The Morgan fingerprint density at radius 3 is 2.29 bits per heavy atom. The Kier molecular flexibility index (Phi) is 7.59. The molecule has 2 aromatic rings. The molecule has 2 aliphatic rings. The zero-order valence-corrected chi connectivity index (χ0v) is 18.8. The molecule has 2 atom stereocenters. The van der Waals surface area contributed by atoms with Gasteiger partial charge in [-0.15, -0.1) is 24.2 Å². The average molecular weight is 457 g/mol. The first-order valence-electron chi connectivity index (χ1n) is 10.0. The number of hydrogen-bond acceptors (Lipinski definition) is 5. The third-order valence-corrected chi connectivity index (χ3v) is 6.54. The van der Waals surface area contributed by atoms with E-state index in [1.165, 1.54) is 4.90 Å². The number of nitrogens with two attached hydrogens (primary N) is 1. The number of carbonyl (C=O) groups excluding carboxylic acids is 2. The first-order chi connectivity index (χ1) is 14.6. The van der Waals surface area contributed by atoms with E-state index in [2.05, 4.69) is 0 Å². The number of carbonyl (C=O) groups is 2. The lowest BCUT2D eigenvalue weighted by molar-refractivity contribution is -0.153. The van der Waals surface area contributed by atoms with Crippen LogP contribution in [-0.2, 0) is 14.3 Å². The van der Waals surface area contributed by atoms with Gasteiger partial charge in [-0.2, -0.15) is 0 Å². The van der Waals surface area contributed by atoms with Gasteiger partial charge in [0.1, 0.15) is 17.1 Å². The van der Waals surface area contributed by atoms with E-state index in [4.69, 9.17) is 10.5 Å². The Morgan fingerprint density at radius 1 is 1.16 bits per heavy atom. The first-order valence-corrected chi connectivity index (χ1v) is 11.1. The van der Waals surface area contributed by atoms with Crippen molar-refractivity contribution in [2.45, 2.75) is 30.9 Å². The van der Waals surface area contributed by atoms with E-state index < -0.39 is 18.1 Å². The monoisotopic (exact) mass is 456 g/mol. The number of β-lactam (4-membered cyclic amide) rings is 1. The highest BCUT2D eigenvalue weighted by Gasteiger charge is 2.52. The van der Waals surface area contributed by atoms with Crippen molar-refractivity contribution in [3.63, 3.8) is 0 Å². The van der Waals surface area contributed by atoms with Crippen LogP contribution in [-0.4, -0.2) is 33.9 Å². The topological polar surface area (TPSA) is 72.6 Å². The van der Waals surface area contributed by atoms with Crippen molar-refractivity contribution >= 4 is 36.0 Å². The number of fused-ring (bicyclic) bond motifs is 1. The molecular weight excluding hydrogens is 432 g/mol. The summed E-state index contributed by atoms with van der Waals surface area (Å²) in [5.41, 5.74) is 8.81. The molecule has 4 rings (SSSR count). The first kappa shape index (κ1) is 23.1. The molecule has 1 amide bonds. The number of allylic oxidation sites excluding steroid dienone is 2. The summed E-state index contributed by atoms with van der Waals surface area (Å²) in [6, 6.07) is 18.7. The largest absolute Gasteiger partial charge is 0.448 e. The number of amides is 1. The molecule has 0 spiro atoms. The summed E-state index contributed by atoms with van der Waals surface area (Å²) in [6.45, 7) is 2.03. The zero-order valence-electron chi connectivity index (χ0n) is 17.1. The predicted molar refractivity (Wildman–Crippen MR) is 126 cm³/mol. The smallest absolute Gasteiger partial charge is 0.356 e. The maximum Gasteiger partial charge on any atom is 0.356 e. The lowest BCUT2D eigenvalue weighted by atomic mass is 10.0. The maximum atomic E-state index is 13.4. The van der Waals surface area contributed by atoms with Gasteiger partial charge < -0.3 is 10.5 Å². The molecule has 2 heterocycles. The van der Waals surface area contributed by atoms with E-state index in [0.717, 1.165) is 23.1 Å². The predicted octanol–water partition coefficient (Wildman–Crippen LogP) is 4.20. The molecule has 2 aromatic carbocycles.